The average molecular weight is 253 g/mol. The highest BCUT2D eigenvalue weighted by molar-refractivity contribution is 7.98. The normalized spacial score (nSPS) is 10.3. The number of non-ortho nitro benzene ring substituents is 1. The monoisotopic (exact) mass is 253 g/mol. The molecule has 82 valence electrons. The Balaban J connectivity index is 2.56. The van der Waals surface area contributed by atoms with E-state index in [2.05, 4.69) is 9.59 Å². The van der Waals surface area contributed by atoms with Gasteiger partial charge in [0.1, 0.15) is 5.69 Å². The summed E-state index contributed by atoms with van der Waals surface area (Å²) in [5, 5.41) is 16.4. The van der Waals surface area contributed by atoms with Gasteiger partial charge in [0.2, 0.25) is 0 Å². The van der Waals surface area contributed by atoms with Gasteiger partial charge in [-0.1, -0.05) is 4.49 Å². The summed E-state index contributed by atoms with van der Waals surface area (Å²) in [5.74, 6) is 0. The van der Waals surface area contributed by atoms with Crippen molar-refractivity contribution in [3.05, 3.63) is 33.7 Å². The molecule has 16 heavy (non-hydrogen) atoms. The van der Waals surface area contributed by atoms with Crippen LogP contribution in [0.15, 0.2) is 28.5 Å². The van der Waals surface area contributed by atoms with E-state index < -0.39 is 4.92 Å². The van der Waals surface area contributed by atoms with Crippen molar-refractivity contribution in [3.8, 4) is 11.3 Å². The van der Waals surface area contributed by atoms with Crippen molar-refractivity contribution in [1.29, 1.82) is 0 Å². The highest BCUT2D eigenvalue weighted by Crippen LogP contribution is 2.32. The second-order valence-corrected chi connectivity index (χ2v) is 4.39. The molecule has 1 aromatic heterocycles. The van der Waals surface area contributed by atoms with Crippen molar-refractivity contribution >= 4 is 29.0 Å². The van der Waals surface area contributed by atoms with Crippen molar-refractivity contribution in [1.82, 2.24) is 9.59 Å². The SMILES string of the molecule is CSc1ccc([N+](=O)[O-])cc1-c1csnn1. The lowest BCUT2D eigenvalue weighted by atomic mass is 10.1. The number of thioether (sulfide) groups is 1. The Labute approximate surface area is 99.8 Å². The number of nitro groups is 1. The highest BCUT2D eigenvalue weighted by Gasteiger charge is 2.13. The molecular formula is C9H7N3O2S2. The fourth-order valence-electron chi connectivity index (χ4n) is 1.29. The van der Waals surface area contributed by atoms with Gasteiger partial charge in [0.25, 0.3) is 5.69 Å². The summed E-state index contributed by atoms with van der Waals surface area (Å²) < 4.78 is 3.76. The Morgan fingerprint density at radius 1 is 1.50 bits per heavy atom. The van der Waals surface area contributed by atoms with Gasteiger partial charge >= 0.3 is 0 Å². The maximum Gasteiger partial charge on any atom is 0.270 e. The first-order chi connectivity index (χ1) is 7.72. The van der Waals surface area contributed by atoms with E-state index in [-0.39, 0.29) is 5.69 Å². The van der Waals surface area contributed by atoms with E-state index in [1.54, 1.807) is 11.4 Å². The lowest BCUT2D eigenvalue weighted by molar-refractivity contribution is -0.384. The summed E-state index contributed by atoms with van der Waals surface area (Å²) >= 11 is 2.76. The third-order valence-corrected chi connectivity index (χ3v) is 3.33. The second-order valence-electron chi connectivity index (χ2n) is 2.93. The number of aromatic nitrogens is 2. The number of rotatable bonds is 3. The summed E-state index contributed by atoms with van der Waals surface area (Å²) in [6, 6.07) is 4.76. The molecule has 5 nitrogen and oxygen atoms in total. The molecule has 0 aliphatic carbocycles. The predicted molar refractivity (Wildman–Crippen MR) is 63.8 cm³/mol. The summed E-state index contributed by atoms with van der Waals surface area (Å²) in [7, 11) is 0. The van der Waals surface area contributed by atoms with Crippen molar-refractivity contribution in [2.45, 2.75) is 4.90 Å². The molecule has 0 N–H and O–H groups in total. The molecule has 0 spiro atoms. The number of benzene rings is 1. The zero-order chi connectivity index (χ0) is 11.5. The average Bonchev–Trinajstić information content (AvgIpc) is 2.81. The fraction of sp³-hybridized carbons (Fsp3) is 0.111. The van der Waals surface area contributed by atoms with Crippen LogP contribution in [0.4, 0.5) is 5.69 Å². The molecule has 0 amide bonds. The van der Waals surface area contributed by atoms with Crippen LogP contribution >= 0.6 is 23.3 Å². The van der Waals surface area contributed by atoms with Crippen LogP contribution in [0, 0.1) is 10.1 Å². The van der Waals surface area contributed by atoms with Crippen molar-refractivity contribution in [2.75, 3.05) is 6.26 Å². The Hall–Kier alpha value is -1.47. The molecule has 0 radical (unpaired) electrons. The van der Waals surface area contributed by atoms with Crippen LogP contribution in [0.25, 0.3) is 11.3 Å². The minimum atomic E-state index is -0.409. The molecule has 7 heteroatoms. The maximum atomic E-state index is 10.7. The molecular weight excluding hydrogens is 246 g/mol. The summed E-state index contributed by atoms with van der Waals surface area (Å²) in [4.78, 5) is 11.2. The molecule has 0 saturated carbocycles. The van der Waals surface area contributed by atoms with Crippen LogP contribution in [0.5, 0.6) is 0 Å². The van der Waals surface area contributed by atoms with Gasteiger partial charge in [0.15, 0.2) is 0 Å². The lowest BCUT2D eigenvalue weighted by Crippen LogP contribution is -1.90. The van der Waals surface area contributed by atoms with Crippen molar-refractivity contribution < 1.29 is 4.92 Å². The largest absolute Gasteiger partial charge is 0.270 e. The minimum Gasteiger partial charge on any atom is -0.258 e. The standard InChI is InChI=1S/C9H7N3O2S2/c1-15-9-3-2-6(12(13)14)4-7(9)8-5-16-11-10-8/h2-5H,1H3. The highest BCUT2D eigenvalue weighted by atomic mass is 32.2. The molecule has 0 saturated heterocycles. The van der Waals surface area contributed by atoms with Crippen LogP contribution in [0.2, 0.25) is 0 Å². The third-order valence-electron chi connectivity index (χ3n) is 2.03. The Morgan fingerprint density at radius 3 is 2.88 bits per heavy atom. The van der Waals surface area contributed by atoms with Gasteiger partial charge in [-0.2, -0.15) is 0 Å². The van der Waals surface area contributed by atoms with Crippen LogP contribution in [-0.2, 0) is 0 Å². The van der Waals surface area contributed by atoms with Crippen LogP contribution in [0.1, 0.15) is 0 Å². The quantitative estimate of drug-likeness (QED) is 0.478. The maximum absolute atomic E-state index is 10.7. The van der Waals surface area contributed by atoms with E-state index in [0.717, 1.165) is 10.5 Å². The minimum absolute atomic E-state index is 0.0702. The molecule has 2 rings (SSSR count). The molecule has 2 aromatic rings. The molecule has 0 fully saturated rings. The molecule has 0 atom stereocenters. The van der Waals surface area contributed by atoms with Gasteiger partial charge in [-0.15, -0.1) is 16.9 Å². The van der Waals surface area contributed by atoms with E-state index in [4.69, 9.17) is 0 Å². The van der Waals surface area contributed by atoms with E-state index in [1.807, 2.05) is 6.26 Å². The van der Waals surface area contributed by atoms with Gasteiger partial charge in [-0.25, -0.2) is 0 Å². The fourth-order valence-corrected chi connectivity index (χ4v) is 2.34. The molecule has 0 aliphatic rings. The molecule has 0 unspecified atom stereocenters. The van der Waals surface area contributed by atoms with Crippen LogP contribution < -0.4 is 0 Å². The zero-order valence-electron chi connectivity index (χ0n) is 8.28. The van der Waals surface area contributed by atoms with Gasteiger partial charge < -0.3 is 0 Å². The number of nitrogens with zero attached hydrogens (tertiary/aromatic N) is 3. The summed E-state index contributed by atoms with van der Waals surface area (Å²) in [5.41, 5.74) is 1.51. The van der Waals surface area contributed by atoms with E-state index in [1.165, 1.54) is 35.4 Å². The van der Waals surface area contributed by atoms with Crippen LogP contribution in [-0.4, -0.2) is 20.8 Å². The Kier molecular flexibility index (Phi) is 3.16. The number of hydrogen-bond donors (Lipinski definition) is 0. The topological polar surface area (TPSA) is 68.9 Å². The van der Waals surface area contributed by atoms with E-state index in [0.29, 0.717) is 5.69 Å². The van der Waals surface area contributed by atoms with E-state index >= 15 is 0 Å². The van der Waals surface area contributed by atoms with Crippen molar-refractivity contribution in [2.24, 2.45) is 0 Å². The Bertz CT molecular complexity index is 513. The van der Waals surface area contributed by atoms with Gasteiger partial charge in [-0.3, -0.25) is 10.1 Å². The lowest BCUT2D eigenvalue weighted by Gasteiger charge is -2.03. The van der Waals surface area contributed by atoms with Gasteiger partial charge in [-0.05, 0) is 23.9 Å². The molecule has 1 heterocycles. The summed E-state index contributed by atoms with van der Waals surface area (Å²) in [6.07, 6.45) is 1.92. The van der Waals surface area contributed by atoms with Crippen molar-refractivity contribution in [3.63, 3.8) is 0 Å². The van der Waals surface area contributed by atoms with Gasteiger partial charge in [0.05, 0.1) is 4.92 Å². The Morgan fingerprint density at radius 2 is 2.31 bits per heavy atom. The number of hydrogen-bond acceptors (Lipinski definition) is 6. The van der Waals surface area contributed by atoms with E-state index in [9.17, 15) is 10.1 Å². The number of nitro benzene ring substituents is 1. The first-order valence-electron chi connectivity index (χ1n) is 4.32. The smallest absolute Gasteiger partial charge is 0.258 e. The molecule has 0 aliphatic heterocycles. The third kappa shape index (κ3) is 2.05. The molecule has 1 aromatic carbocycles. The van der Waals surface area contributed by atoms with Gasteiger partial charge in [0, 0.05) is 28.0 Å². The molecule has 0 bridgehead atoms. The first-order valence-corrected chi connectivity index (χ1v) is 6.38. The zero-order valence-corrected chi connectivity index (χ0v) is 9.92. The first kappa shape index (κ1) is 11.0. The second kappa shape index (κ2) is 4.58. The predicted octanol–water partition coefficient (Wildman–Crippen LogP) is 2.84. The summed E-state index contributed by atoms with van der Waals surface area (Å²) in [6.45, 7) is 0. The van der Waals surface area contributed by atoms with Crippen LogP contribution in [0.3, 0.4) is 0 Å².